The maximum absolute atomic E-state index is 5.69. The van der Waals surface area contributed by atoms with Crippen LogP contribution in [0.15, 0.2) is 18.2 Å². The van der Waals surface area contributed by atoms with E-state index in [9.17, 15) is 0 Å². The number of thioether (sulfide) groups is 1. The van der Waals surface area contributed by atoms with Gasteiger partial charge in [0.05, 0.1) is 6.04 Å². The van der Waals surface area contributed by atoms with Crippen LogP contribution in [0, 0.1) is 13.8 Å². The van der Waals surface area contributed by atoms with E-state index in [4.69, 9.17) is 5.84 Å². The Kier molecular flexibility index (Phi) is 5.04. The highest BCUT2D eigenvalue weighted by Crippen LogP contribution is 2.29. The van der Waals surface area contributed by atoms with E-state index in [1.807, 2.05) is 11.8 Å². The Morgan fingerprint density at radius 1 is 1.29 bits per heavy atom. The summed E-state index contributed by atoms with van der Waals surface area (Å²) in [6.07, 6.45) is 0. The monoisotopic (exact) mass is 252 g/mol. The quantitative estimate of drug-likeness (QED) is 0.637. The molecule has 17 heavy (non-hydrogen) atoms. The van der Waals surface area contributed by atoms with Crippen LogP contribution in [0.1, 0.15) is 43.5 Å². The summed E-state index contributed by atoms with van der Waals surface area (Å²) in [4.78, 5) is 0. The van der Waals surface area contributed by atoms with Gasteiger partial charge in [0.2, 0.25) is 0 Å². The van der Waals surface area contributed by atoms with Gasteiger partial charge < -0.3 is 0 Å². The number of hydrazine groups is 1. The van der Waals surface area contributed by atoms with Crippen LogP contribution in [-0.4, -0.2) is 10.5 Å². The second-order valence-corrected chi connectivity index (χ2v) is 7.28. The van der Waals surface area contributed by atoms with Crippen molar-refractivity contribution in [2.75, 3.05) is 5.75 Å². The van der Waals surface area contributed by atoms with Crippen molar-refractivity contribution in [2.45, 2.75) is 45.4 Å². The third kappa shape index (κ3) is 4.34. The van der Waals surface area contributed by atoms with Crippen LogP contribution in [0.5, 0.6) is 0 Å². The highest BCUT2D eigenvalue weighted by atomic mass is 32.2. The molecule has 2 nitrogen and oxygen atoms in total. The van der Waals surface area contributed by atoms with Crippen LogP contribution in [-0.2, 0) is 0 Å². The molecule has 0 aliphatic heterocycles. The zero-order valence-corrected chi connectivity index (χ0v) is 12.3. The van der Waals surface area contributed by atoms with E-state index in [-0.39, 0.29) is 10.8 Å². The van der Waals surface area contributed by atoms with Gasteiger partial charge in [0.15, 0.2) is 0 Å². The van der Waals surface area contributed by atoms with Crippen LogP contribution in [0.4, 0.5) is 0 Å². The second kappa shape index (κ2) is 5.89. The lowest BCUT2D eigenvalue weighted by Gasteiger charge is -2.24. The van der Waals surface area contributed by atoms with Gasteiger partial charge in [-0.05, 0) is 30.5 Å². The standard InChI is InChI=1S/C14H24N2S/c1-10-7-6-8-12(11(10)2)13(16-15)9-17-14(3,4)5/h6-8,13,16H,9,15H2,1-5H3. The van der Waals surface area contributed by atoms with Crippen molar-refractivity contribution in [1.82, 2.24) is 5.43 Å². The minimum Gasteiger partial charge on any atom is -0.271 e. The predicted molar refractivity (Wildman–Crippen MR) is 78.2 cm³/mol. The van der Waals surface area contributed by atoms with Gasteiger partial charge in [0.1, 0.15) is 0 Å². The summed E-state index contributed by atoms with van der Waals surface area (Å²) < 4.78 is 0.271. The van der Waals surface area contributed by atoms with Gasteiger partial charge in [-0.25, -0.2) is 0 Å². The van der Waals surface area contributed by atoms with Crippen molar-refractivity contribution in [2.24, 2.45) is 5.84 Å². The molecule has 0 fully saturated rings. The number of aryl methyl sites for hydroxylation is 1. The number of benzene rings is 1. The summed E-state index contributed by atoms with van der Waals surface area (Å²) in [5, 5.41) is 0. The van der Waals surface area contributed by atoms with E-state index in [1.165, 1.54) is 16.7 Å². The minimum atomic E-state index is 0.221. The van der Waals surface area contributed by atoms with Gasteiger partial charge in [0, 0.05) is 10.5 Å². The lowest BCUT2D eigenvalue weighted by Crippen LogP contribution is -2.31. The molecule has 0 heterocycles. The Bertz CT molecular complexity index is 369. The van der Waals surface area contributed by atoms with Gasteiger partial charge in [-0.3, -0.25) is 11.3 Å². The lowest BCUT2D eigenvalue weighted by molar-refractivity contribution is 0.604. The van der Waals surface area contributed by atoms with Crippen LogP contribution < -0.4 is 11.3 Å². The van der Waals surface area contributed by atoms with Crippen molar-refractivity contribution in [3.05, 3.63) is 34.9 Å². The first-order valence-electron chi connectivity index (χ1n) is 6.01. The Hall–Kier alpha value is -0.510. The highest BCUT2D eigenvalue weighted by molar-refractivity contribution is 8.00. The third-order valence-electron chi connectivity index (χ3n) is 2.91. The molecule has 96 valence electrons. The predicted octanol–water partition coefficient (Wildman–Crippen LogP) is 3.34. The second-order valence-electron chi connectivity index (χ2n) is 5.43. The zero-order chi connectivity index (χ0) is 13.1. The van der Waals surface area contributed by atoms with E-state index in [0.29, 0.717) is 0 Å². The average Bonchev–Trinajstić information content (AvgIpc) is 2.23. The highest BCUT2D eigenvalue weighted by Gasteiger charge is 2.17. The molecule has 0 bridgehead atoms. The van der Waals surface area contributed by atoms with Crippen molar-refractivity contribution in [1.29, 1.82) is 0 Å². The van der Waals surface area contributed by atoms with Gasteiger partial charge in [-0.1, -0.05) is 39.0 Å². The smallest absolute Gasteiger partial charge is 0.0553 e. The molecule has 0 aliphatic carbocycles. The van der Waals surface area contributed by atoms with Gasteiger partial charge in [-0.2, -0.15) is 11.8 Å². The molecular formula is C14H24N2S. The minimum absolute atomic E-state index is 0.221. The van der Waals surface area contributed by atoms with Crippen LogP contribution in [0.2, 0.25) is 0 Å². The number of rotatable bonds is 4. The van der Waals surface area contributed by atoms with Crippen molar-refractivity contribution < 1.29 is 0 Å². The maximum atomic E-state index is 5.69. The van der Waals surface area contributed by atoms with Crippen molar-refractivity contribution >= 4 is 11.8 Å². The lowest BCUT2D eigenvalue weighted by atomic mass is 9.99. The molecule has 3 N–H and O–H groups in total. The molecule has 0 radical (unpaired) electrons. The van der Waals surface area contributed by atoms with E-state index >= 15 is 0 Å². The summed E-state index contributed by atoms with van der Waals surface area (Å²) in [6, 6.07) is 6.63. The largest absolute Gasteiger partial charge is 0.271 e. The maximum Gasteiger partial charge on any atom is 0.0553 e. The fourth-order valence-electron chi connectivity index (χ4n) is 1.71. The van der Waals surface area contributed by atoms with E-state index < -0.39 is 0 Å². The molecule has 0 saturated heterocycles. The number of hydrogen-bond acceptors (Lipinski definition) is 3. The average molecular weight is 252 g/mol. The first-order valence-corrected chi connectivity index (χ1v) is 7.00. The van der Waals surface area contributed by atoms with Gasteiger partial charge in [-0.15, -0.1) is 0 Å². The van der Waals surface area contributed by atoms with Crippen LogP contribution in [0.3, 0.4) is 0 Å². The molecule has 3 heteroatoms. The first kappa shape index (κ1) is 14.6. The zero-order valence-electron chi connectivity index (χ0n) is 11.5. The molecule has 0 saturated carbocycles. The van der Waals surface area contributed by atoms with Crippen LogP contribution >= 0.6 is 11.8 Å². The molecule has 0 amide bonds. The summed E-state index contributed by atoms with van der Waals surface area (Å²) >= 11 is 1.93. The fourth-order valence-corrected chi connectivity index (χ4v) is 2.65. The summed E-state index contributed by atoms with van der Waals surface area (Å²) in [5.74, 6) is 6.68. The normalized spacial score (nSPS) is 13.8. The Morgan fingerprint density at radius 2 is 1.94 bits per heavy atom. The Balaban J connectivity index is 2.83. The van der Waals surface area contributed by atoms with E-state index in [0.717, 1.165) is 5.75 Å². The topological polar surface area (TPSA) is 38.0 Å². The molecular weight excluding hydrogens is 228 g/mol. The Morgan fingerprint density at radius 3 is 2.47 bits per heavy atom. The molecule has 0 spiro atoms. The van der Waals surface area contributed by atoms with Crippen molar-refractivity contribution in [3.63, 3.8) is 0 Å². The number of hydrogen-bond donors (Lipinski definition) is 2. The van der Waals surface area contributed by atoms with Gasteiger partial charge >= 0.3 is 0 Å². The Labute approximate surface area is 109 Å². The summed E-state index contributed by atoms with van der Waals surface area (Å²) in [5.41, 5.74) is 6.91. The first-order chi connectivity index (χ1) is 7.85. The molecule has 1 rings (SSSR count). The SMILES string of the molecule is Cc1cccc(C(CSC(C)(C)C)NN)c1C. The molecule has 1 aromatic rings. The summed E-state index contributed by atoms with van der Waals surface area (Å²) in [7, 11) is 0. The number of nitrogens with two attached hydrogens (primary N) is 1. The summed E-state index contributed by atoms with van der Waals surface area (Å²) in [6.45, 7) is 11.0. The molecule has 1 atom stereocenters. The van der Waals surface area contributed by atoms with E-state index in [2.05, 4.69) is 58.2 Å². The molecule has 0 aliphatic rings. The molecule has 1 unspecified atom stereocenters. The van der Waals surface area contributed by atoms with E-state index in [1.54, 1.807) is 0 Å². The van der Waals surface area contributed by atoms with Gasteiger partial charge in [0.25, 0.3) is 0 Å². The van der Waals surface area contributed by atoms with Crippen molar-refractivity contribution in [3.8, 4) is 0 Å². The molecule has 1 aromatic carbocycles. The third-order valence-corrected chi connectivity index (χ3v) is 4.27. The number of nitrogens with one attached hydrogen (secondary N) is 1. The molecule has 0 aromatic heterocycles. The fraction of sp³-hybridized carbons (Fsp3) is 0.571. The van der Waals surface area contributed by atoms with Crippen LogP contribution in [0.25, 0.3) is 0 Å².